The van der Waals surface area contributed by atoms with Crippen LogP contribution in [0.25, 0.3) is 0 Å². The van der Waals surface area contributed by atoms with Crippen LogP contribution < -0.4 is 0 Å². The molecule has 0 aromatic carbocycles. The molecule has 0 aromatic heterocycles. The van der Waals surface area contributed by atoms with Crippen LogP contribution in [0.4, 0.5) is 0 Å². The summed E-state index contributed by atoms with van der Waals surface area (Å²) in [5.74, 6) is -0.292. The van der Waals surface area contributed by atoms with Crippen LogP contribution in [0.5, 0.6) is 0 Å². The van der Waals surface area contributed by atoms with Gasteiger partial charge in [0.1, 0.15) is 6.54 Å². The summed E-state index contributed by atoms with van der Waals surface area (Å²) in [5, 5.41) is 8.95. The second-order valence-corrected chi connectivity index (χ2v) is 6.49. The Balaban J connectivity index is 2.03. The standard InChI is InChI=1S/C14H23NO3/c1-14(2)7-3-4-11(14)13(18)15(9-12(16)17)8-10-5-6-10/h10-11H,3-9H2,1-2H3,(H,16,17). The minimum Gasteiger partial charge on any atom is -0.480 e. The maximum Gasteiger partial charge on any atom is 0.323 e. The first-order valence-electron chi connectivity index (χ1n) is 6.91. The molecule has 0 heterocycles. The average Bonchev–Trinajstić information content (AvgIpc) is 2.99. The number of nitrogens with zero attached hydrogens (tertiary/aromatic N) is 1. The molecule has 4 nitrogen and oxygen atoms in total. The van der Waals surface area contributed by atoms with E-state index in [4.69, 9.17) is 5.11 Å². The molecule has 1 atom stereocenters. The molecule has 0 spiro atoms. The van der Waals surface area contributed by atoms with E-state index in [0.717, 1.165) is 32.1 Å². The molecule has 1 unspecified atom stereocenters. The van der Waals surface area contributed by atoms with Crippen LogP contribution in [0.15, 0.2) is 0 Å². The molecule has 4 heteroatoms. The van der Waals surface area contributed by atoms with Crippen molar-refractivity contribution < 1.29 is 14.7 Å². The van der Waals surface area contributed by atoms with Gasteiger partial charge in [-0.2, -0.15) is 0 Å². The summed E-state index contributed by atoms with van der Waals surface area (Å²) < 4.78 is 0. The summed E-state index contributed by atoms with van der Waals surface area (Å²) in [6.07, 6.45) is 5.32. The summed E-state index contributed by atoms with van der Waals surface area (Å²) in [6, 6.07) is 0. The summed E-state index contributed by atoms with van der Waals surface area (Å²) in [6.45, 7) is 4.75. The van der Waals surface area contributed by atoms with Crippen LogP contribution in [0.1, 0.15) is 46.0 Å². The van der Waals surface area contributed by atoms with Crippen molar-refractivity contribution in [2.45, 2.75) is 46.0 Å². The third-order valence-corrected chi connectivity index (χ3v) is 4.37. The van der Waals surface area contributed by atoms with Gasteiger partial charge in [-0.25, -0.2) is 0 Å². The van der Waals surface area contributed by atoms with Gasteiger partial charge in [0.15, 0.2) is 0 Å². The van der Waals surface area contributed by atoms with Crippen molar-refractivity contribution in [1.82, 2.24) is 4.90 Å². The molecule has 0 bridgehead atoms. The SMILES string of the molecule is CC1(C)CCCC1C(=O)N(CC(=O)O)CC1CC1. The Hall–Kier alpha value is -1.06. The third kappa shape index (κ3) is 3.03. The van der Waals surface area contributed by atoms with E-state index in [1.807, 2.05) is 0 Å². The Labute approximate surface area is 108 Å². The Bertz CT molecular complexity index is 347. The van der Waals surface area contributed by atoms with Crippen molar-refractivity contribution in [3.8, 4) is 0 Å². The number of hydrogen-bond acceptors (Lipinski definition) is 2. The molecular formula is C14H23NO3. The number of carboxylic acid groups (broad SMARTS) is 1. The largest absolute Gasteiger partial charge is 0.480 e. The van der Waals surface area contributed by atoms with E-state index < -0.39 is 5.97 Å². The molecule has 102 valence electrons. The lowest BCUT2D eigenvalue weighted by molar-refractivity contribution is -0.148. The van der Waals surface area contributed by atoms with Crippen molar-refractivity contribution in [3.05, 3.63) is 0 Å². The monoisotopic (exact) mass is 253 g/mol. The molecule has 2 rings (SSSR count). The quantitative estimate of drug-likeness (QED) is 0.816. The zero-order chi connectivity index (χ0) is 13.3. The molecule has 2 saturated carbocycles. The molecule has 2 aliphatic rings. The first-order valence-corrected chi connectivity index (χ1v) is 6.91. The predicted molar refractivity (Wildman–Crippen MR) is 68.1 cm³/mol. The van der Waals surface area contributed by atoms with Crippen molar-refractivity contribution in [1.29, 1.82) is 0 Å². The number of amides is 1. The molecule has 1 N–H and O–H groups in total. The maximum atomic E-state index is 12.5. The second-order valence-electron chi connectivity index (χ2n) is 6.49. The lowest BCUT2D eigenvalue weighted by Gasteiger charge is -2.31. The number of aliphatic carboxylic acids is 1. The fourth-order valence-electron chi connectivity index (χ4n) is 3.01. The van der Waals surface area contributed by atoms with Gasteiger partial charge in [-0.05, 0) is 37.0 Å². The molecule has 0 saturated heterocycles. The minimum atomic E-state index is -0.903. The van der Waals surface area contributed by atoms with Crippen LogP contribution in [-0.2, 0) is 9.59 Å². The highest BCUT2D eigenvalue weighted by Gasteiger charge is 2.42. The molecule has 0 aliphatic heterocycles. The topological polar surface area (TPSA) is 57.6 Å². The van der Waals surface area contributed by atoms with Crippen LogP contribution in [-0.4, -0.2) is 35.0 Å². The molecule has 0 radical (unpaired) electrons. The Morgan fingerprint density at radius 1 is 1.28 bits per heavy atom. The highest BCUT2D eigenvalue weighted by atomic mass is 16.4. The lowest BCUT2D eigenvalue weighted by Crippen LogP contribution is -2.43. The summed E-state index contributed by atoms with van der Waals surface area (Å²) in [7, 11) is 0. The van der Waals surface area contributed by atoms with E-state index in [0.29, 0.717) is 12.5 Å². The number of rotatable bonds is 5. The molecule has 18 heavy (non-hydrogen) atoms. The highest BCUT2D eigenvalue weighted by Crippen LogP contribution is 2.43. The van der Waals surface area contributed by atoms with E-state index in [-0.39, 0.29) is 23.8 Å². The van der Waals surface area contributed by atoms with Gasteiger partial charge in [-0.1, -0.05) is 20.3 Å². The smallest absolute Gasteiger partial charge is 0.323 e. The molecule has 0 aromatic rings. The number of carbonyl (C=O) groups is 2. The zero-order valence-electron chi connectivity index (χ0n) is 11.3. The third-order valence-electron chi connectivity index (χ3n) is 4.37. The van der Waals surface area contributed by atoms with Gasteiger partial charge in [-0.15, -0.1) is 0 Å². The van der Waals surface area contributed by atoms with Gasteiger partial charge < -0.3 is 10.0 Å². The molecule has 2 fully saturated rings. The number of hydrogen-bond donors (Lipinski definition) is 1. The lowest BCUT2D eigenvalue weighted by atomic mass is 9.81. The van der Waals surface area contributed by atoms with Crippen LogP contribution in [0.3, 0.4) is 0 Å². The van der Waals surface area contributed by atoms with E-state index in [9.17, 15) is 9.59 Å². The molecule has 2 aliphatic carbocycles. The van der Waals surface area contributed by atoms with Gasteiger partial charge in [0, 0.05) is 12.5 Å². The Kier molecular flexibility index (Phi) is 3.64. The fraction of sp³-hybridized carbons (Fsp3) is 0.857. The Morgan fingerprint density at radius 2 is 1.94 bits per heavy atom. The second kappa shape index (κ2) is 4.90. The van der Waals surface area contributed by atoms with Gasteiger partial charge in [0.05, 0.1) is 0 Å². The summed E-state index contributed by atoms with van der Waals surface area (Å²) in [4.78, 5) is 25.0. The van der Waals surface area contributed by atoms with E-state index in [1.54, 1.807) is 4.90 Å². The van der Waals surface area contributed by atoms with Gasteiger partial charge >= 0.3 is 5.97 Å². The van der Waals surface area contributed by atoms with E-state index in [2.05, 4.69) is 13.8 Å². The highest BCUT2D eigenvalue weighted by molar-refractivity contribution is 5.84. The number of carbonyl (C=O) groups excluding carboxylic acids is 1. The zero-order valence-corrected chi connectivity index (χ0v) is 11.3. The molecular weight excluding hydrogens is 230 g/mol. The van der Waals surface area contributed by atoms with E-state index in [1.165, 1.54) is 0 Å². The summed E-state index contributed by atoms with van der Waals surface area (Å²) in [5.41, 5.74) is 0.0252. The van der Waals surface area contributed by atoms with Crippen molar-refractivity contribution in [2.75, 3.05) is 13.1 Å². The van der Waals surface area contributed by atoms with Gasteiger partial charge in [0.25, 0.3) is 0 Å². The van der Waals surface area contributed by atoms with Crippen LogP contribution >= 0.6 is 0 Å². The van der Waals surface area contributed by atoms with Crippen molar-refractivity contribution in [2.24, 2.45) is 17.3 Å². The van der Waals surface area contributed by atoms with Crippen LogP contribution in [0.2, 0.25) is 0 Å². The van der Waals surface area contributed by atoms with Crippen molar-refractivity contribution >= 4 is 11.9 Å². The van der Waals surface area contributed by atoms with Crippen LogP contribution in [0, 0.1) is 17.3 Å². The normalized spacial score (nSPS) is 26.0. The first-order chi connectivity index (χ1) is 8.40. The first kappa shape index (κ1) is 13.4. The minimum absolute atomic E-state index is 0.00981. The number of carboxylic acids is 1. The van der Waals surface area contributed by atoms with Gasteiger partial charge in [-0.3, -0.25) is 9.59 Å². The van der Waals surface area contributed by atoms with Gasteiger partial charge in [0.2, 0.25) is 5.91 Å². The average molecular weight is 253 g/mol. The maximum absolute atomic E-state index is 12.5. The fourth-order valence-corrected chi connectivity index (χ4v) is 3.01. The Morgan fingerprint density at radius 3 is 2.39 bits per heavy atom. The van der Waals surface area contributed by atoms with E-state index >= 15 is 0 Å². The van der Waals surface area contributed by atoms with Crippen molar-refractivity contribution in [3.63, 3.8) is 0 Å². The molecule has 1 amide bonds. The summed E-state index contributed by atoms with van der Waals surface area (Å²) >= 11 is 0. The predicted octanol–water partition coefficient (Wildman–Crippen LogP) is 2.14.